The Balaban J connectivity index is 1.98. The van der Waals surface area contributed by atoms with E-state index in [9.17, 15) is 5.11 Å². The molecule has 1 heterocycles. The second-order valence-corrected chi connectivity index (χ2v) is 6.59. The molecule has 1 fully saturated rings. The minimum atomic E-state index is -0.233. The van der Waals surface area contributed by atoms with Crippen LogP contribution in [0.4, 0.5) is 0 Å². The van der Waals surface area contributed by atoms with Gasteiger partial charge in [-0.1, -0.05) is 33.6 Å². The minimum absolute atomic E-state index is 0.117. The van der Waals surface area contributed by atoms with Crippen molar-refractivity contribution >= 4 is 0 Å². The van der Waals surface area contributed by atoms with Gasteiger partial charge in [-0.3, -0.25) is 4.90 Å². The van der Waals surface area contributed by atoms with Gasteiger partial charge in [-0.15, -0.1) is 10.2 Å². The van der Waals surface area contributed by atoms with Crippen LogP contribution in [0.2, 0.25) is 0 Å². The molecule has 0 aromatic carbocycles. The fourth-order valence-electron chi connectivity index (χ4n) is 2.56. The predicted octanol–water partition coefficient (Wildman–Crippen LogP) is 2.10. The number of hydrogen-bond donors (Lipinski definition) is 1. The first-order valence-corrected chi connectivity index (χ1v) is 7.09. The van der Waals surface area contributed by atoms with Crippen LogP contribution in [0.25, 0.3) is 0 Å². The lowest BCUT2D eigenvalue weighted by Crippen LogP contribution is -2.42. The molecule has 2 rings (SSSR count). The van der Waals surface area contributed by atoms with Crippen LogP contribution in [-0.2, 0) is 12.0 Å². The van der Waals surface area contributed by atoms with E-state index in [0.717, 1.165) is 19.3 Å². The first kappa shape index (κ1) is 14.5. The Kier molecular flexibility index (Phi) is 4.26. The van der Waals surface area contributed by atoms with Gasteiger partial charge in [-0.2, -0.15) is 0 Å². The third-order valence-corrected chi connectivity index (χ3v) is 3.75. The van der Waals surface area contributed by atoms with E-state index < -0.39 is 0 Å². The summed E-state index contributed by atoms with van der Waals surface area (Å²) in [7, 11) is 2.01. The van der Waals surface area contributed by atoms with Crippen molar-refractivity contribution in [3.8, 4) is 0 Å². The monoisotopic (exact) mass is 267 g/mol. The van der Waals surface area contributed by atoms with Crippen LogP contribution < -0.4 is 0 Å². The zero-order valence-electron chi connectivity index (χ0n) is 12.4. The van der Waals surface area contributed by atoms with Crippen molar-refractivity contribution in [2.75, 3.05) is 7.05 Å². The number of aromatic nitrogens is 2. The van der Waals surface area contributed by atoms with Gasteiger partial charge >= 0.3 is 0 Å². The topological polar surface area (TPSA) is 62.4 Å². The molecule has 1 aliphatic rings. The first-order valence-electron chi connectivity index (χ1n) is 7.09. The summed E-state index contributed by atoms with van der Waals surface area (Å²) in [6, 6.07) is 0.207. The molecule has 0 spiro atoms. The van der Waals surface area contributed by atoms with Crippen LogP contribution in [0.1, 0.15) is 58.2 Å². The molecule has 0 aliphatic heterocycles. The molecule has 0 radical (unpaired) electrons. The Hall–Kier alpha value is -0.940. The van der Waals surface area contributed by atoms with Crippen molar-refractivity contribution in [2.45, 2.75) is 70.6 Å². The third-order valence-electron chi connectivity index (χ3n) is 3.75. The van der Waals surface area contributed by atoms with Gasteiger partial charge in [-0.05, 0) is 19.9 Å². The summed E-state index contributed by atoms with van der Waals surface area (Å²) in [5, 5.41) is 18.2. The van der Waals surface area contributed by atoms with Gasteiger partial charge in [0.2, 0.25) is 11.8 Å². The molecule has 1 aromatic rings. The second-order valence-electron chi connectivity index (χ2n) is 6.59. The van der Waals surface area contributed by atoms with Crippen molar-refractivity contribution in [1.29, 1.82) is 0 Å². The first-order chi connectivity index (χ1) is 8.88. The molecule has 0 saturated heterocycles. The highest BCUT2D eigenvalue weighted by Crippen LogP contribution is 2.24. The third kappa shape index (κ3) is 3.54. The van der Waals surface area contributed by atoms with E-state index >= 15 is 0 Å². The number of likely N-dealkylation sites (N-methyl/N-ethyl adjacent to an activating group) is 1. The minimum Gasteiger partial charge on any atom is -0.423 e. The SMILES string of the molecule is CN(Cc1nnc(C(C)(C)C)o1)C1CCCCC1O. The van der Waals surface area contributed by atoms with E-state index in [0.29, 0.717) is 18.3 Å². The largest absolute Gasteiger partial charge is 0.423 e. The highest BCUT2D eigenvalue weighted by molar-refractivity contribution is 4.96. The summed E-state index contributed by atoms with van der Waals surface area (Å²) in [4.78, 5) is 2.13. The van der Waals surface area contributed by atoms with Crippen LogP contribution in [0.3, 0.4) is 0 Å². The van der Waals surface area contributed by atoms with Gasteiger partial charge in [0.15, 0.2) is 0 Å². The molecule has 1 N–H and O–H groups in total. The smallest absolute Gasteiger partial charge is 0.230 e. The lowest BCUT2D eigenvalue weighted by molar-refractivity contribution is 0.0253. The zero-order valence-corrected chi connectivity index (χ0v) is 12.4. The van der Waals surface area contributed by atoms with Gasteiger partial charge in [0.1, 0.15) is 0 Å². The molecule has 5 heteroatoms. The number of aliphatic hydroxyl groups excluding tert-OH is 1. The van der Waals surface area contributed by atoms with Crippen LogP contribution in [-0.4, -0.2) is 39.4 Å². The summed E-state index contributed by atoms with van der Waals surface area (Å²) in [5.74, 6) is 1.30. The molecule has 0 amide bonds. The summed E-state index contributed by atoms with van der Waals surface area (Å²) >= 11 is 0. The van der Waals surface area contributed by atoms with Crippen LogP contribution >= 0.6 is 0 Å². The molecule has 5 nitrogen and oxygen atoms in total. The molecule has 1 saturated carbocycles. The van der Waals surface area contributed by atoms with Crippen molar-refractivity contribution in [2.24, 2.45) is 0 Å². The van der Waals surface area contributed by atoms with Crippen LogP contribution in [0, 0.1) is 0 Å². The highest BCUT2D eigenvalue weighted by atomic mass is 16.4. The Morgan fingerprint density at radius 3 is 2.53 bits per heavy atom. The molecule has 1 aliphatic carbocycles. The van der Waals surface area contributed by atoms with Crippen molar-refractivity contribution in [1.82, 2.24) is 15.1 Å². The van der Waals surface area contributed by atoms with Crippen molar-refractivity contribution in [3.63, 3.8) is 0 Å². The molecule has 2 atom stereocenters. The lowest BCUT2D eigenvalue weighted by atomic mass is 9.91. The number of rotatable bonds is 3. The van der Waals surface area contributed by atoms with E-state index in [2.05, 4.69) is 35.9 Å². The molecular weight excluding hydrogens is 242 g/mol. The Morgan fingerprint density at radius 2 is 1.95 bits per heavy atom. The van der Waals surface area contributed by atoms with Gasteiger partial charge in [-0.25, -0.2) is 0 Å². The van der Waals surface area contributed by atoms with Gasteiger partial charge in [0, 0.05) is 11.5 Å². The van der Waals surface area contributed by atoms with Gasteiger partial charge in [0.25, 0.3) is 0 Å². The van der Waals surface area contributed by atoms with Gasteiger partial charge in [0.05, 0.1) is 12.6 Å². The summed E-state index contributed by atoms with van der Waals surface area (Å²) < 4.78 is 5.70. The van der Waals surface area contributed by atoms with E-state index in [-0.39, 0.29) is 17.6 Å². The number of hydrogen-bond acceptors (Lipinski definition) is 5. The quantitative estimate of drug-likeness (QED) is 0.908. The van der Waals surface area contributed by atoms with E-state index in [1.807, 2.05) is 7.05 Å². The average molecular weight is 267 g/mol. The second kappa shape index (κ2) is 5.59. The van der Waals surface area contributed by atoms with E-state index in [1.165, 1.54) is 6.42 Å². The molecule has 19 heavy (non-hydrogen) atoms. The number of aliphatic hydroxyl groups is 1. The fraction of sp³-hybridized carbons (Fsp3) is 0.857. The molecule has 108 valence electrons. The zero-order chi connectivity index (χ0) is 14.0. The Labute approximate surface area is 115 Å². The Morgan fingerprint density at radius 1 is 1.26 bits per heavy atom. The summed E-state index contributed by atoms with van der Waals surface area (Å²) in [6.07, 6.45) is 4.01. The predicted molar refractivity (Wildman–Crippen MR) is 72.7 cm³/mol. The van der Waals surface area contributed by atoms with Crippen molar-refractivity contribution in [3.05, 3.63) is 11.8 Å². The Bertz CT molecular complexity index is 411. The van der Waals surface area contributed by atoms with E-state index in [1.54, 1.807) is 0 Å². The standard InChI is InChI=1S/C14H25N3O2/c1-14(2,3)13-16-15-12(19-13)9-17(4)10-7-5-6-8-11(10)18/h10-11,18H,5-9H2,1-4H3. The maximum atomic E-state index is 10.0. The lowest BCUT2D eigenvalue weighted by Gasteiger charge is -2.34. The molecular formula is C14H25N3O2. The molecule has 2 unspecified atom stereocenters. The van der Waals surface area contributed by atoms with E-state index in [4.69, 9.17) is 4.42 Å². The fourth-order valence-corrected chi connectivity index (χ4v) is 2.56. The summed E-state index contributed by atoms with van der Waals surface area (Å²) in [5.41, 5.74) is -0.117. The molecule has 1 aromatic heterocycles. The van der Waals surface area contributed by atoms with Gasteiger partial charge < -0.3 is 9.52 Å². The van der Waals surface area contributed by atoms with Crippen LogP contribution in [0.15, 0.2) is 4.42 Å². The molecule has 0 bridgehead atoms. The maximum absolute atomic E-state index is 10.0. The van der Waals surface area contributed by atoms with Crippen molar-refractivity contribution < 1.29 is 9.52 Å². The van der Waals surface area contributed by atoms with Crippen LogP contribution in [0.5, 0.6) is 0 Å². The average Bonchev–Trinajstić information content (AvgIpc) is 2.77. The highest BCUT2D eigenvalue weighted by Gasteiger charge is 2.28. The normalized spacial score (nSPS) is 24.9. The maximum Gasteiger partial charge on any atom is 0.230 e. The number of nitrogens with zero attached hydrogens (tertiary/aromatic N) is 3. The summed E-state index contributed by atoms with van der Waals surface area (Å²) in [6.45, 7) is 6.77.